The van der Waals surface area contributed by atoms with E-state index in [4.69, 9.17) is 5.26 Å². The summed E-state index contributed by atoms with van der Waals surface area (Å²) in [6.45, 7) is 10.9. The van der Waals surface area contributed by atoms with E-state index in [1.54, 1.807) is 0 Å². The zero-order chi connectivity index (χ0) is 14.3. The van der Waals surface area contributed by atoms with Crippen LogP contribution in [0.4, 0.5) is 0 Å². The van der Waals surface area contributed by atoms with Gasteiger partial charge in [-0.3, -0.25) is 0 Å². The van der Waals surface area contributed by atoms with E-state index in [1.165, 1.54) is 16.7 Å². The van der Waals surface area contributed by atoms with E-state index in [-0.39, 0.29) is 5.41 Å². The standard InChI is InChI=1S/C17H26N2/c1-14-13-16(17(2,3)4)8-7-15(14)9-12-19-11-6-5-10-18/h7-8,13,19H,5-6,9,11-12H2,1-4H3. The highest BCUT2D eigenvalue weighted by Crippen LogP contribution is 2.24. The Bertz CT molecular complexity index is 436. The molecule has 0 aliphatic heterocycles. The maximum absolute atomic E-state index is 8.45. The highest BCUT2D eigenvalue weighted by molar-refractivity contribution is 5.34. The van der Waals surface area contributed by atoms with Crippen LogP contribution in [0.2, 0.25) is 0 Å². The van der Waals surface area contributed by atoms with Gasteiger partial charge in [-0.05, 0) is 55.0 Å². The number of benzene rings is 1. The van der Waals surface area contributed by atoms with E-state index in [0.29, 0.717) is 6.42 Å². The smallest absolute Gasteiger partial charge is 0.0622 e. The molecular weight excluding hydrogens is 232 g/mol. The topological polar surface area (TPSA) is 35.8 Å². The Labute approximate surface area is 117 Å². The van der Waals surface area contributed by atoms with Gasteiger partial charge in [-0.25, -0.2) is 0 Å². The Hall–Kier alpha value is -1.33. The van der Waals surface area contributed by atoms with Gasteiger partial charge in [-0.1, -0.05) is 39.0 Å². The minimum absolute atomic E-state index is 0.221. The molecule has 0 radical (unpaired) electrons. The lowest BCUT2D eigenvalue weighted by Crippen LogP contribution is -2.19. The first-order chi connectivity index (χ1) is 8.95. The Morgan fingerprint density at radius 3 is 2.53 bits per heavy atom. The SMILES string of the molecule is Cc1cc(C(C)(C)C)ccc1CCNCCCC#N. The van der Waals surface area contributed by atoms with Crippen LogP contribution < -0.4 is 5.32 Å². The summed E-state index contributed by atoms with van der Waals surface area (Å²) in [6, 6.07) is 8.98. The first-order valence-electron chi connectivity index (χ1n) is 7.13. The number of nitriles is 1. The molecule has 2 heteroatoms. The van der Waals surface area contributed by atoms with Gasteiger partial charge in [0.05, 0.1) is 6.07 Å². The van der Waals surface area contributed by atoms with E-state index in [0.717, 1.165) is 25.9 Å². The summed E-state index contributed by atoms with van der Waals surface area (Å²) in [6.07, 6.45) is 2.65. The van der Waals surface area contributed by atoms with E-state index in [9.17, 15) is 0 Å². The molecule has 0 spiro atoms. The van der Waals surface area contributed by atoms with E-state index < -0.39 is 0 Å². The maximum Gasteiger partial charge on any atom is 0.0622 e. The molecule has 2 nitrogen and oxygen atoms in total. The molecule has 19 heavy (non-hydrogen) atoms. The fraction of sp³-hybridized carbons (Fsp3) is 0.588. The van der Waals surface area contributed by atoms with Crippen molar-refractivity contribution in [2.24, 2.45) is 0 Å². The molecule has 0 unspecified atom stereocenters. The second-order valence-electron chi connectivity index (χ2n) is 6.15. The number of nitrogens with one attached hydrogen (secondary N) is 1. The van der Waals surface area contributed by atoms with Crippen LogP contribution in [0.1, 0.15) is 50.3 Å². The van der Waals surface area contributed by atoms with Gasteiger partial charge in [0.1, 0.15) is 0 Å². The summed E-state index contributed by atoms with van der Waals surface area (Å²) in [4.78, 5) is 0. The average molecular weight is 258 g/mol. The summed E-state index contributed by atoms with van der Waals surface area (Å²) in [5.74, 6) is 0. The maximum atomic E-state index is 8.45. The molecule has 1 aromatic carbocycles. The number of unbranched alkanes of at least 4 members (excludes halogenated alkanes) is 1. The zero-order valence-corrected chi connectivity index (χ0v) is 12.7. The molecule has 0 bridgehead atoms. The Balaban J connectivity index is 2.45. The van der Waals surface area contributed by atoms with Crippen LogP contribution in [0.15, 0.2) is 18.2 Å². The van der Waals surface area contributed by atoms with Crippen LogP contribution in [0.3, 0.4) is 0 Å². The number of hydrogen-bond donors (Lipinski definition) is 1. The third-order valence-electron chi connectivity index (χ3n) is 3.42. The van der Waals surface area contributed by atoms with Crippen molar-refractivity contribution >= 4 is 0 Å². The molecule has 0 fully saturated rings. The number of hydrogen-bond acceptors (Lipinski definition) is 2. The fourth-order valence-corrected chi connectivity index (χ4v) is 2.08. The molecule has 0 aliphatic carbocycles. The van der Waals surface area contributed by atoms with Crippen molar-refractivity contribution < 1.29 is 0 Å². The van der Waals surface area contributed by atoms with Crippen LogP contribution in [0, 0.1) is 18.3 Å². The third-order valence-corrected chi connectivity index (χ3v) is 3.42. The van der Waals surface area contributed by atoms with Gasteiger partial charge in [0.25, 0.3) is 0 Å². The summed E-state index contributed by atoms with van der Waals surface area (Å²) in [5, 5.41) is 11.8. The third kappa shape index (κ3) is 5.44. The van der Waals surface area contributed by atoms with Gasteiger partial charge in [-0.15, -0.1) is 0 Å². The lowest BCUT2D eigenvalue weighted by Gasteiger charge is -2.20. The van der Waals surface area contributed by atoms with Crippen LogP contribution >= 0.6 is 0 Å². The van der Waals surface area contributed by atoms with Crippen LogP contribution in [0.5, 0.6) is 0 Å². The first-order valence-corrected chi connectivity index (χ1v) is 7.13. The predicted octanol–water partition coefficient (Wildman–Crippen LogP) is 3.73. The van der Waals surface area contributed by atoms with E-state index >= 15 is 0 Å². The Morgan fingerprint density at radius 2 is 1.95 bits per heavy atom. The summed E-state index contributed by atoms with van der Waals surface area (Å²) >= 11 is 0. The fourth-order valence-electron chi connectivity index (χ4n) is 2.08. The van der Waals surface area contributed by atoms with Crippen molar-refractivity contribution in [3.8, 4) is 6.07 Å². The van der Waals surface area contributed by atoms with Crippen LogP contribution in [0.25, 0.3) is 0 Å². The molecule has 0 saturated heterocycles. The second-order valence-corrected chi connectivity index (χ2v) is 6.15. The molecule has 0 aliphatic rings. The van der Waals surface area contributed by atoms with Crippen molar-refractivity contribution in [1.82, 2.24) is 5.32 Å². The van der Waals surface area contributed by atoms with Gasteiger partial charge in [-0.2, -0.15) is 5.26 Å². The van der Waals surface area contributed by atoms with Crippen molar-refractivity contribution in [3.05, 3.63) is 34.9 Å². The lowest BCUT2D eigenvalue weighted by atomic mass is 9.85. The Morgan fingerprint density at radius 1 is 1.21 bits per heavy atom. The molecule has 104 valence electrons. The molecule has 0 saturated carbocycles. The van der Waals surface area contributed by atoms with E-state index in [1.807, 2.05) is 0 Å². The number of rotatable bonds is 6. The molecule has 1 aromatic rings. The summed E-state index contributed by atoms with van der Waals surface area (Å²) < 4.78 is 0. The van der Waals surface area contributed by atoms with Gasteiger partial charge in [0.2, 0.25) is 0 Å². The highest BCUT2D eigenvalue weighted by Gasteiger charge is 2.14. The van der Waals surface area contributed by atoms with Crippen LogP contribution in [-0.4, -0.2) is 13.1 Å². The van der Waals surface area contributed by atoms with Gasteiger partial charge in [0.15, 0.2) is 0 Å². The minimum atomic E-state index is 0.221. The number of aryl methyl sites for hydroxylation is 1. The highest BCUT2D eigenvalue weighted by atomic mass is 14.8. The summed E-state index contributed by atoms with van der Waals surface area (Å²) in [7, 11) is 0. The monoisotopic (exact) mass is 258 g/mol. The first kappa shape index (κ1) is 15.7. The summed E-state index contributed by atoms with van der Waals surface area (Å²) in [5.41, 5.74) is 4.42. The lowest BCUT2D eigenvalue weighted by molar-refractivity contribution is 0.589. The van der Waals surface area contributed by atoms with Crippen molar-refractivity contribution in [2.75, 3.05) is 13.1 Å². The van der Waals surface area contributed by atoms with Gasteiger partial charge >= 0.3 is 0 Å². The zero-order valence-electron chi connectivity index (χ0n) is 12.7. The molecular formula is C17H26N2. The molecule has 0 amide bonds. The number of nitrogens with zero attached hydrogens (tertiary/aromatic N) is 1. The van der Waals surface area contributed by atoms with E-state index in [2.05, 4.69) is 57.3 Å². The second kappa shape index (κ2) is 7.31. The molecule has 0 aromatic heterocycles. The van der Waals surface area contributed by atoms with Gasteiger partial charge in [0, 0.05) is 6.42 Å². The predicted molar refractivity (Wildman–Crippen MR) is 81.3 cm³/mol. The molecule has 0 heterocycles. The molecule has 1 rings (SSSR count). The van der Waals surface area contributed by atoms with Crippen molar-refractivity contribution in [2.45, 2.75) is 52.4 Å². The van der Waals surface area contributed by atoms with Crippen molar-refractivity contribution in [1.29, 1.82) is 5.26 Å². The molecule has 1 N–H and O–H groups in total. The molecule has 0 atom stereocenters. The largest absolute Gasteiger partial charge is 0.316 e. The normalized spacial score (nSPS) is 11.3. The van der Waals surface area contributed by atoms with Crippen LogP contribution in [-0.2, 0) is 11.8 Å². The van der Waals surface area contributed by atoms with Gasteiger partial charge < -0.3 is 5.32 Å². The average Bonchev–Trinajstić information content (AvgIpc) is 2.34. The quantitative estimate of drug-likeness (QED) is 0.789. The minimum Gasteiger partial charge on any atom is -0.316 e. The van der Waals surface area contributed by atoms with Crippen molar-refractivity contribution in [3.63, 3.8) is 0 Å². The Kier molecular flexibility index (Phi) is 6.05.